The predicted molar refractivity (Wildman–Crippen MR) is 60.6 cm³/mol. The highest BCUT2D eigenvalue weighted by atomic mass is 16.5. The Bertz CT molecular complexity index is 149. The first-order chi connectivity index (χ1) is 6.77. The molecule has 1 heterocycles. The van der Waals surface area contributed by atoms with E-state index in [1.54, 1.807) is 0 Å². The van der Waals surface area contributed by atoms with Gasteiger partial charge in [-0.25, -0.2) is 0 Å². The van der Waals surface area contributed by atoms with Crippen molar-refractivity contribution in [2.45, 2.75) is 71.1 Å². The highest BCUT2D eigenvalue weighted by Crippen LogP contribution is 2.23. The second-order valence-electron chi connectivity index (χ2n) is 4.37. The lowest BCUT2D eigenvalue weighted by Crippen LogP contribution is -2.39. The summed E-state index contributed by atoms with van der Waals surface area (Å²) in [6.45, 7) is 7.67. The molecular weight excluding hydrogens is 174 g/mol. The van der Waals surface area contributed by atoms with E-state index >= 15 is 0 Å². The van der Waals surface area contributed by atoms with Crippen molar-refractivity contribution in [3.05, 3.63) is 0 Å². The number of hydrogen-bond acceptors (Lipinski definition) is 2. The van der Waals surface area contributed by atoms with Gasteiger partial charge in [-0.1, -0.05) is 26.7 Å². The Morgan fingerprint density at radius 1 is 1.36 bits per heavy atom. The van der Waals surface area contributed by atoms with E-state index in [9.17, 15) is 0 Å². The average molecular weight is 199 g/mol. The molecule has 0 saturated carbocycles. The molecule has 1 aliphatic heterocycles. The second-order valence-corrected chi connectivity index (χ2v) is 4.37. The third-order valence-corrected chi connectivity index (χ3v) is 3.05. The number of ether oxygens (including phenoxy) is 1. The zero-order chi connectivity index (χ0) is 10.4. The Labute approximate surface area is 88.4 Å². The molecule has 3 atom stereocenters. The highest BCUT2D eigenvalue weighted by molar-refractivity contribution is 4.82. The summed E-state index contributed by atoms with van der Waals surface area (Å²) >= 11 is 0. The molecule has 0 bridgehead atoms. The van der Waals surface area contributed by atoms with Crippen LogP contribution in [0.4, 0.5) is 0 Å². The van der Waals surface area contributed by atoms with Gasteiger partial charge in [0.25, 0.3) is 0 Å². The van der Waals surface area contributed by atoms with E-state index in [1.807, 2.05) is 0 Å². The monoisotopic (exact) mass is 199 g/mol. The predicted octanol–water partition coefficient (Wildman–Crippen LogP) is 2.72. The Hall–Kier alpha value is -0.0800. The van der Waals surface area contributed by atoms with Crippen LogP contribution in [0.1, 0.15) is 52.9 Å². The van der Waals surface area contributed by atoms with Crippen molar-refractivity contribution in [2.24, 2.45) is 0 Å². The Kier molecular flexibility index (Phi) is 5.49. The van der Waals surface area contributed by atoms with Crippen LogP contribution in [0.25, 0.3) is 0 Å². The van der Waals surface area contributed by atoms with E-state index in [2.05, 4.69) is 26.1 Å². The zero-order valence-electron chi connectivity index (χ0n) is 9.88. The van der Waals surface area contributed by atoms with Crippen LogP contribution in [0.5, 0.6) is 0 Å². The van der Waals surface area contributed by atoms with Crippen molar-refractivity contribution < 1.29 is 4.74 Å². The quantitative estimate of drug-likeness (QED) is 0.710. The van der Waals surface area contributed by atoms with Crippen LogP contribution in [0, 0.1) is 0 Å². The maximum atomic E-state index is 5.91. The maximum absolute atomic E-state index is 5.91. The lowest BCUT2D eigenvalue weighted by Gasteiger charge is -2.24. The Balaban J connectivity index is 2.33. The van der Waals surface area contributed by atoms with Crippen molar-refractivity contribution in [3.63, 3.8) is 0 Å². The van der Waals surface area contributed by atoms with Crippen LogP contribution in [-0.2, 0) is 4.74 Å². The van der Waals surface area contributed by atoms with Crippen LogP contribution in [0.2, 0.25) is 0 Å². The van der Waals surface area contributed by atoms with Crippen molar-refractivity contribution in [2.75, 3.05) is 6.54 Å². The summed E-state index contributed by atoms with van der Waals surface area (Å²) in [7, 11) is 0. The minimum Gasteiger partial charge on any atom is -0.374 e. The summed E-state index contributed by atoms with van der Waals surface area (Å²) in [5.74, 6) is 0. The van der Waals surface area contributed by atoms with E-state index in [0.717, 1.165) is 6.54 Å². The van der Waals surface area contributed by atoms with E-state index < -0.39 is 0 Å². The van der Waals surface area contributed by atoms with Crippen LogP contribution in [0.3, 0.4) is 0 Å². The molecule has 0 aromatic carbocycles. The van der Waals surface area contributed by atoms with Gasteiger partial charge in [0.05, 0.1) is 12.2 Å². The third-order valence-electron chi connectivity index (χ3n) is 3.05. The number of likely N-dealkylation sites (N-methyl/N-ethyl adjacent to an activating group) is 1. The molecule has 1 aliphatic rings. The molecule has 2 heteroatoms. The minimum atomic E-state index is 0.469. The summed E-state index contributed by atoms with van der Waals surface area (Å²) < 4.78 is 5.91. The molecule has 1 rings (SSSR count). The SMILES string of the molecule is CCCCC(NCC)C1CCC(C)O1. The van der Waals surface area contributed by atoms with Crippen LogP contribution < -0.4 is 5.32 Å². The molecular formula is C12H25NO. The molecule has 0 aliphatic carbocycles. The van der Waals surface area contributed by atoms with Crippen molar-refractivity contribution in [3.8, 4) is 0 Å². The summed E-state index contributed by atoms with van der Waals surface area (Å²) in [5.41, 5.74) is 0. The summed E-state index contributed by atoms with van der Waals surface area (Å²) in [4.78, 5) is 0. The van der Waals surface area contributed by atoms with Gasteiger partial charge >= 0.3 is 0 Å². The molecule has 0 amide bonds. The summed E-state index contributed by atoms with van der Waals surface area (Å²) in [6, 6.07) is 0.588. The van der Waals surface area contributed by atoms with Crippen molar-refractivity contribution in [1.29, 1.82) is 0 Å². The van der Waals surface area contributed by atoms with Crippen molar-refractivity contribution >= 4 is 0 Å². The van der Waals surface area contributed by atoms with Crippen LogP contribution >= 0.6 is 0 Å². The van der Waals surface area contributed by atoms with Crippen LogP contribution in [-0.4, -0.2) is 24.8 Å². The molecule has 1 saturated heterocycles. The number of unbranched alkanes of at least 4 members (excludes halogenated alkanes) is 1. The molecule has 84 valence electrons. The fourth-order valence-corrected chi connectivity index (χ4v) is 2.24. The second kappa shape index (κ2) is 6.41. The van der Waals surface area contributed by atoms with Gasteiger partial charge in [-0.15, -0.1) is 0 Å². The lowest BCUT2D eigenvalue weighted by atomic mass is 10.0. The molecule has 0 radical (unpaired) electrons. The summed E-state index contributed by atoms with van der Waals surface area (Å²) in [6.07, 6.45) is 7.28. The van der Waals surface area contributed by atoms with Gasteiger partial charge < -0.3 is 10.1 Å². The number of rotatable bonds is 6. The largest absolute Gasteiger partial charge is 0.374 e. The Morgan fingerprint density at radius 3 is 2.64 bits per heavy atom. The van der Waals surface area contributed by atoms with Gasteiger partial charge in [-0.2, -0.15) is 0 Å². The van der Waals surface area contributed by atoms with Gasteiger partial charge in [0.1, 0.15) is 0 Å². The van der Waals surface area contributed by atoms with Gasteiger partial charge in [0, 0.05) is 6.04 Å². The fourth-order valence-electron chi connectivity index (χ4n) is 2.24. The summed E-state index contributed by atoms with van der Waals surface area (Å²) in [5, 5.41) is 3.55. The van der Waals surface area contributed by atoms with Gasteiger partial charge in [-0.05, 0) is 32.7 Å². The molecule has 0 aromatic rings. The average Bonchev–Trinajstić information content (AvgIpc) is 2.59. The molecule has 3 unspecified atom stereocenters. The number of hydrogen-bond donors (Lipinski definition) is 1. The van der Waals surface area contributed by atoms with Gasteiger partial charge in [-0.3, -0.25) is 0 Å². The van der Waals surface area contributed by atoms with E-state index in [1.165, 1.54) is 32.1 Å². The van der Waals surface area contributed by atoms with Gasteiger partial charge in [0.2, 0.25) is 0 Å². The molecule has 0 spiro atoms. The topological polar surface area (TPSA) is 21.3 Å². The fraction of sp³-hybridized carbons (Fsp3) is 1.00. The standard InChI is InChI=1S/C12H25NO/c1-4-6-7-11(13-5-2)12-9-8-10(3)14-12/h10-13H,4-9H2,1-3H3. The molecule has 0 aromatic heterocycles. The molecule has 14 heavy (non-hydrogen) atoms. The van der Waals surface area contributed by atoms with Gasteiger partial charge in [0.15, 0.2) is 0 Å². The first-order valence-electron chi connectivity index (χ1n) is 6.16. The Morgan fingerprint density at radius 2 is 2.14 bits per heavy atom. The minimum absolute atomic E-state index is 0.469. The molecule has 2 nitrogen and oxygen atoms in total. The molecule has 1 N–H and O–H groups in total. The smallest absolute Gasteiger partial charge is 0.0732 e. The van der Waals surface area contributed by atoms with E-state index in [4.69, 9.17) is 4.74 Å². The van der Waals surface area contributed by atoms with E-state index in [0.29, 0.717) is 18.2 Å². The first kappa shape index (κ1) is 12.0. The first-order valence-corrected chi connectivity index (χ1v) is 6.16. The molecule has 1 fully saturated rings. The maximum Gasteiger partial charge on any atom is 0.0732 e. The van der Waals surface area contributed by atoms with Crippen molar-refractivity contribution in [1.82, 2.24) is 5.32 Å². The highest BCUT2D eigenvalue weighted by Gasteiger charge is 2.28. The number of nitrogens with one attached hydrogen (secondary N) is 1. The van der Waals surface area contributed by atoms with E-state index in [-0.39, 0.29) is 0 Å². The normalized spacial score (nSPS) is 29.4. The zero-order valence-corrected chi connectivity index (χ0v) is 9.88. The lowest BCUT2D eigenvalue weighted by molar-refractivity contribution is 0.0299. The third kappa shape index (κ3) is 3.58. The van der Waals surface area contributed by atoms with Crippen LogP contribution in [0.15, 0.2) is 0 Å².